The van der Waals surface area contributed by atoms with Crippen LogP contribution in [-0.4, -0.2) is 10.2 Å². The number of aliphatic hydroxyl groups excluding tert-OH is 1. The number of aromatic hydroxyl groups is 1. The van der Waals surface area contributed by atoms with Crippen molar-refractivity contribution in [3.8, 4) is 5.75 Å². The van der Waals surface area contributed by atoms with Crippen LogP contribution < -0.4 is 5.32 Å². The molecule has 3 heteroatoms. The van der Waals surface area contributed by atoms with Crippen LogP contribution in [0.4, 0.5) is 5.69 Å². The molecule has 3 N–H and O–H groups in total. The molecule has 0 spiro atoms. The molecule has 0 amide bonds. The molecule has 0 aliphatic carbocycles. The van der Waals surface area contributed by atoms with Gasteiger partial charge in [0.1, 0.15) is 5.75 Å². The number of hydrogen-bond acceptors (Lipinski definition) is 3. The van der Waals surface area contributed by atoms with E-state index < -0.39 is 0 Å². The van der Waals surface area contributed by atoms with Crippen LogP contribution in [0.15, 0.2) is 49.0 Å². The Labute approximate surface area is 112 Å². The smallest absolute Gasteiger partial charge is 0.118 e. The fourth-order valence-electron chi connectivity index (χ4n) is 1.78. The molecule has 98 valence electrons. The van der Waals surface area contributed by atoms with Gasteiger partial charge >= 0.3 is 0 Å². The third kappa shape index (κ3) is 3.14. The Morgan fingerprint density at radius 2 is 1.84 bits per heavy atom. The summed E-state index contributed by atoms with van der Waals surface area (Å²) in [6.07, 6.45) is 0. The van der Waals surface area contributed by atoms with Crippen molar-refractivity contribution in [3.63, 3.8) is 0 Å². The predicted molar refractivity (Wildman–Crippen MR) is 77.9 cm³/mol. The van der Waals surface area contributed by atoms with E-state index >= 15 is 0 Å². The lowest BCUT2D eigenvalue weighted by atomic mass is 10.1. The third-order valence-electron chi connectivity index (χ3n) is 2.98. The quantitative estimate of drug-likeness (QED) is 0.786. The SMILES string of the molecule is C=C(Nc1ccc(CO)cc1)c1ccc(O)c(C)c1. The summed E-state index contributed by atoms with van der Waals surface area (Å²) in [7, 11) is 0. The number of nitrogens with one attached hydrogen (secondary N) is 1. The summed E-state index contributed by atoms with van der Waals surface area (Å²) >= 11 is 0. The summed E-state index contributed by atoms with van der Waals surface area (Å²) in [5, 5.41) is 21.7. The van der Waals surface area contributed by atoms with Gasteiger partial charge in [-0.2, -0.15) is 0 Å². The molecule has 2 aromatic rings. The molecule has 0 saturated carbocycles. The van der Waals surface area contributed by atoms with Gasteiger partial charge in [-0.25, -0.2) is 0 Å². The summed E-state index contributed by atoms with van der Waals surface area (Å²) in [4.78, 5) is 0. The number of anilines is 1. The lowest BCUT2D eigenvalue weighted by molar-refractivity contribution is 0.282. The average Bonchev–Trinajstić information content (AvgIpc) is 2.42. The van der Waals surface area contributed by atoms with Crippen molar-refractivity contribution in [1.29, 1.82) is 0 Å². The van der Waals surface area contributed by atoms with E-state index in [1.165, 1.54) is 0 Å². The molecule has 0 bridgehead atoms. The van der Waals surface area contributed by atoms with Crippen molar-refractivity contribution in [1.82, 2.24) is 0 Å². The average molecular weight is 255 g/mol. The second-order valence-electron chi connectivity index (χ2n) is 4.46. The highest BCUT2D eigenvalue weighted by Crippen LogP contribution is 2.23. The van der Waals surface area contributed by atoms with E-state index in [0.29, 0.717) is 0 Å². The highest BCUT2D eigenvalue weighted by atomic mass is 16.3. The molecule has 0 heterocycles. The molecule has 0 saturated heterocycles. The van der Waals surface area contributed by atoms with Crippen LogP contribution in [-0.2, 0) is 6.61 Å². The largest absolute Gasteiger partial charge is 0.508 e. The van der Waals surface area contributed by atoms with Crippen LogP contribution in [0.3, 0.4) is 0 Å². The number of aryl methyl sites for hydroxylation is 1. The van der Waals surface area contributed by atoms with Crippen LogP contribution in [0.2, 0.25) is 0 Å². The third-order valence-corrected chi connectivity index (χ3v) is 2.98. The monoisotopic (exact) mass is 255 g/mol. The maximum atomic E-state index is 9.50. The van der Waals surface area contributed by atoms with E-state index in [4.69, 9.17) is 5.11 Å². The van der Waals surface area contributed by atoms with Gasteiger partial charge in [-0.15, -0.1) is 0 Å². The van der Waals surface area contributed by atoms with E-state index in [-0.39, 0.29) is 12.4 Å². The lowest BCUT2D eigenvalue weighted by Gasteiger charge is -2.11. The molecule has 0 aromatic heterocycles. The van der Waals surface area contributed by atoms with Gasteiger partial charge < -0.3 is 15.5 Å². The molecule has 0 aliphatic rings. The number of aliphatic hydroxyl groups is 1. The van der Waals surface area contributed by atoms with Crippen LogP contribution >= 0.6 is 0 Å². The Morgan fingerprint density at radius 3 is 2.42 bits per heavy atom. The zero-order valence-electron chi connectivity index (χ0n) is 10.9. The van der Waals surface area contributed by atoms with Crippen molar-refractivity contribution in [2.24, 2.45) is 0 Å². The highest BCUT2D eigenvalue weighted by Gasteiger charge is 2.02. The first-order valence-electron chi connectivity index (χ1n) is 6.06. The number of benzene rings is 2. The summed E-state index contributed by atoms with van der Waals surface area (Å²) in [6.45, 7) is 5.88. The fraction of sp³-hybridized carbons (Fsp3) is 0.125. The number of phenols is 1. The number of rotatable bonds is 4. The Balaban J connectivity index is 2.13. The maximum absolute atomic E-state index is 9.50. The maximum Gasteiger partial charge on any atom is 0.118 e. The molecule has 0 fully saturated rings. The van der Waals surface area contributed by atoms with Crippen molar-refractivity contribution in [2.75, 3.05) is 5.32 Å². The van der Waals surface area contributed by atoms with Gasteiger partial charge in [0.15, 0.2) is 0 Å². The summed E-state index contributed by atoms with van der Waals surface area (Å²) in [5.74, 6) is 0.281. The van der Waals surface area contributed by atoms with Gasteiger partial charge in [0.2, 0.25) is 0 Å². The van der Waals surface area contributed by atoms with E-state index in [2.05, 4.69) is 11.9 Å². The molecule has 3 nitrogen and oxygen atoms in total. The van der Waals surface area contributed by atoms with E-state index in [1.54, 1.807) is 6.07 Å². The Morgan fingerprint density at radius 1 is 1.16 bits per heavy atom. The minimum absolute atomic E-state index is 0.0401. The normalized spacial score (nSPS) is 10.2. The molecule has 2 aromatic carbocycles. The van der Waals surface area contributed by atoms with E-state index in [0.717, 1.165) is 28.1 Å². The minimum atomic E-state index is 0.0401. The fourth-order valence-corrected chi connectivity index (χ4v) is 1.78. The first-order valence-corrected chi connectivity index (χ1v) is 6.06. The zero-order valence-corrected chi connectivity index (χ0v) is 10.9. The lowest BCUT2D eigenvalue weighted by Crippen LogP contribution is -1.98. The van der Waals surface area contributed by atoms with Gasteiger partial charge in [-0.3, -0.25) is 0 Å². The first-order chi connectivity index (χ1) is 9.10. The van der Waals surface area contributed by atoms with Crippen LogP contribution in [0.5, 0.6) is 5.75 Å². The molecule has 0 radical (unpaired) electrons. The standard InChI is InChI=1S/C16H17NO2/c1-11-9-14(5-8-16(11)19)12(2)17-15-6-3-13(10-18)4-7-15/h3-9,17-19H,2,10H2,1H3. The second-order valence-corrected chi connectivity index (χ2v) is 4.46. The van der Waals surface area contributed by atoms with Gasteiger partial charge in [0, 0.05) is 11.4 Å². The molecule has 0 atom stereocenters. The van der Waals surface area contributed by atoms with E-state index in [1.807, 2.05) is 43.3 Å². The Bertz CT molecular complexity index is 588. The van der Waals surface area contributed by atoms with Gasteiger partial charge in [-0.1, -0.05) is 18.7 Å². The van der Waals surface area contributed by atoms with Gasteiger partial charge in [0.05, 0.1) is 6.61 Å². The number of hydrogen-bond donors (Lipinski definition) is 3. The highest BCUT2D eigenvalue weighted by molar-refractivity contribution is 5.75. The summed E-state index contributed by atoms with van der Waals surface area (Å²) < 4.78 is 0. The Kier molecular flexibility index (Phi) is 3.88. The topological polar surface area (TPSA) is 52.5 Å². The van der Waals surface area contributed by atoms with Crippen molar-refractivity contribution in [3.05, 3.63) is 65.7 Å². The van der Waals surface area contributed by atoms with Crippen molar-refractivity contribution >= 4 is 11.4 Å². The predicted octanol–water partition coefficient (Wildman–Crippen LogP) is 3.28. The molecule has 0 unspecified atom stereocenters. The zero-order chi connectivity index (χ0) is 13.8. The van der Waals surface area contributed by atoms with E-state index in [9.17, 15) is 5.11 Å². The molecule has 0 aliphatic heterocycles. The number of phenolic OH excluding ortho intramolecular Hbond substituents is 1. The Hall–Kier alpha value is -2.26. The molecular formula is C16H17NO2. The van der Waals surface area contributed by atoms with Crippen LogP contribution in [0.25, 0.3) is 5.70 Å². The van der Waals surface area contributed by atoms with Gasteiger partial charge in [-0.05, 0) is 53.9 Å². The summed E-state index contributed by atoms with van der Waals surface area (Å²) in [5.41, 5.74) is 4.29. The van der Waals surface area contributed by atoms with Crippen LogP contribution in [0, 0.1) is 6.92 Å². The molecular weight excluding hydrogens is 238 g/mol. The molecule has 2 rings (SSSR count). The molecule has 19 heavy (non-hydrogen) atoms. The second kappa shape index (κ2) is 5.59. The van der Waals surface area contributed by atoms with Crippen molar-refractivity contribution < 1.29 is 10.2 Å². The van der Waals surface area contributed by atoms with Crippen LogP contribution in [0.1, 0.15) is 16.7 Å². The van der Waals surface area contributed by atoms with Crippen molar-refractivity contribution in [2.45, 2.75) is 13.5 Å². The minimum Gasteiger partial charge on any atom is -0.508 e. The summed E-state index contributed by atoms with van der Waals surface area (Å²) in [6, 6.07) is 12.9. The van der Waals surface area contributed by atoms with Gasteiger partial charge in [0.25, 0.3) is 0 Å². The first kappa shape index (κ1) is 13.2.